The van der Waals surface area contributed by atoms with E-state index in [0.717, 1.165) is 11.4 Å². The van der Waals surface area contributed by atoms with Gasteiger partial charge in [0, 0.05) is 0 Å². The molecule has 2 rings (SSSR count). The highest BCUT2D eigenvalue weighted by atomic mass is 19.4. The molecule has 10 heteroatoms. The van der Waals surface area contributed by atoms with Gasteiger partial charge in [-0.15, -0.1) is 0 Å². The number of ether oxygens (including phenoxy) is 2. The summed E-state index contributed by atoms with van der Waals surface area (Å²) in [6.45, 7) is 5.35. The molecule has 0 aromatic heterocycles. The van der Waals surface area contributed by atoms with E-state index in [1.54, 1.807) is 20.8 Å². The fraction of sp³-hybridized carbons (Fsp3) is 0.500. The van der Waals surface area contributed by atoms with Crippen molar-refractivity contribution in [3.63, 3.8) is 0 Å². The van der Waals surface area contributed by atoms with Crippen molar-refractivity contribution in [2.45, 2.75) is 44.4 Å². The maximum Gasteiger partial charge on any atom is 0.492 e. The van der Waals surface area contributed by atoms with Crippen LogP contribution in [0, 0.1) is 0 Å². The molecule has 1 heterocycles. The van der Waals surface area contributed by atoms with Gasteiger partial charge in [0.2, 0.25) is 0 Å². The van der Waals surface area contributed by atoms with Crippen molar-refractivity contribution in [3.8, 4) is 11.5 Å². The van der Waals surface area contributed by atoms with Gasteiger partial charge in [0.15, 0.2) is 11.5 Å². The molecule has 1 aromatic carbocycles. The lowest BCUT2D eigenvalue weighted by molar-refractivity contribution is -0.322. The van der Waals surface area contributed by atoms with Gasteiger partial charge in [-0.05, 0) is 23.1 Å². The first-order valence-corrected chi connectivity index (χ1v) is 6.64. The molecule has 0 fully saturated rings. The minimum absolute atomic E-state index is 0.415. The highest BCUT2D eigenvalue weighted by molar-refractivity contribution is 5.82. The number of alkyl halides is 6. The third-order valence-corrected chi connectivity index (χ3v) is 3.23. The average molecular weight is 357 g/mol. The molecule has 1 amide bonds. The van der Waals surface area contributed by atoms with Crippen LogP contribution in [0.15, 0.2) is 18.2 Å². The maximum atomic E-state index is 13.2. The molecule has 134 valence electrons. The molecule has 0 aliphatic carbocycles. The van der Waals surface area contributed by atoms with Crippen LogP contribution in [0.4, 0.5) is 26.3 Å². The van der Waals surface area contributed by atoms with Gasteiger partial charge in [-0.25, -0.2) is 0 Å². The zero-order valence-electron chi connectivity index (χ0n) is 12.7. The fourth-order valence-electron chi connectivity index (χ4n) is 1.93. The van der Waals surface area contributed by atoms with Gasteiger partial charge in [0.25, 0.3) is 0 Å². The van der Waals surface area contributed by atoms with Crippen LogP contribution in [0.3, 0.4) is 0 Å². The molecular weight excluding hydrogens is 344 g/mol. The average Bonchev–Trinajstić information content (AvgIpc) is 2.74. The Morgan fingerprint density at radius 2 is 1.54 bits per heavy atom. The molecule has 0 saturated heterocycles. The third-order valence-electron chi connectivity index (χ3n) is 3.23. The lowest BCUT2D eigenvalue weighted by Gasteiger charge is -2.29. The van der Waals surface area contributed by atoms with E-state index in [1.807, 2.05) is 0 Å². The fourth-order valence-corrected chi connectivity index (χ4v) is 1.93. The number of hydrogen-bond acceptors (Lipinski definition) is 3. The van der Waals surface area contributed by atoms with Crippen molar-refractivity contribution in [2.75, 3.05) is 0 Å². The van der Waals surface area contributed by atoms with Crippen molar-refractivity contribution >= 4 is 5.91 Å². The first-order valence-electron chi connectivity index (χ1n) is 6.64. The SMILES string of the molecule is CC(C)(C)c1ccc2c(c1)OC(NC(=O)C(F)(F)F)(C(F)(F)F)O2. The molecule has 0 radical (unpaired) electrons. The molecule has 1 atom stereocenters. The quantitative estimate of drug-likeness (QED) is 0.781. The van der Waals surface area contributed by atoms with E-state index in [1.165, 1.54) is 12.1 Å². The number of halogens is 6. The molecule has 24 heavy (non-hydrogen) atoms. The summed E-state index contributed by atoms with van der Waals surface area (Å²) in [5.41, 5.74) is 0.127. The summed E-state index contributed by atoms with van der Waals surface area (Å²) in [6.07, 6.45) is -11.0. The van der Waals surface area contributed by atoms with E-state index in [0.29, 0.717) is 5.56 Å². The number of nitrogens with one attached hydrogen (secondary N) is 1. The van der Waals surface area contributed by atoms with Crippen molar-refractivity contribution in [2.24, 2.45) is 0 Å². The van der Waals surface area contributed by atoms with Crippen LogP contribution in [0.5, 0.6) is 11.5 Å². The Morgan fingerprint density at radius 1 is 1.00 bits per heavy atom. The summed E-state index contributed by atoms with van der Waals surface area (Å²) in [7, 11) is 0. The van der Waals surface area contributed by atoms with Crippen LogP contribution in [0.2, 0.25) is 0 Å². The Hall–Kier alpha value is -2.13. The first kappa shape index (κ1) is 18.2. The molecule has 0 spiro atoms. The van der Waals surface area contributed by atoms with Crippen LogP contribution in [-0.2, 0) is 10.2 Å². The summed E-state index contributed by atoms with van der Waals surface area (Å²) < 4.78 is 85.7. The number of carbonyl (C=O) groups is 1. The molecule has 1 N–H and O–H groups in total. The summed E-state index contributed by atoms with van der Waals surface area (Å²) in [6, 6.07) is 3.83. The van der Waals surface area contributed by atoms with Gasteiger partial charge >= 0.3 is 24.2 Å². The predicted octanol–water partition coefficient (Wildman–Crippen LogP) is 3.65. The van der Waals surface area contributed by atoms with Gasteiger partial charge in [0.1, 0.15) is 0 Å². The number of amides is 1. The van der Waals surface area contributed by atoms with E-state index in [4.69, 9.17) is 0 Å². The van der Waals surface area contributed by atoms with Crippen molar-refractivity contribution in [3.05, 3.63) is 23.8 Å². The molecule has 1 aromatic rings. The van der Waals surface area contributed by atoms with Crippen molar-refractivity contribution < 1.29 is 40.6 Å². The Bertz CT molecular complexity index is 662. The Morgan fingerprint density at radius 3 is 2.00 bits per heavy atom. The smallest absolute Gasteiger partial charge is 0.424 e. The molecular formula is C14H13F6NO3. The van der Waals surface area contributed by atoms with Crippen LogP contribution in [-0.4, -0.2) is 24.2 Å². The number of fused-ring (bicyclic) bond motifs is 1. The molecule has 1 unspecified atom stereocenters. The topological polar surface area (TPSA) is 47.6 Å². The molecule has 1 aliphatic heterocycles. The van der Waals surface area contributed by atoms with Gasteiger partial charge in [0.05, 0.1) is 0 Å². The summed E-state index contributed by atoms with van der Waals surface area (Å²) in [5, 5.41) is 0.744. The van der Waals surface area contributed by atoms with Gasteiger partial charge in [-0.3, -0.25) is 10.1 Å². The second kappa shape index (κ2) is 5.18. The number of rotatable bonds is 1. The zero-order valence-corrected chi connectivity index (χ0v) is 12.7. The highest BCUT2D eigenvalue weighted by Crippen LogP contribution is 2.46. The van der Waals surface area contributed by atoms with Crippen LogP contribution in [0.1, 0.15) is 26.3 Å². The van der Waals surface area contributed by atoms with Gasteiger partial charge < -0.3 is 9.47 Å². The monoisotopic (exact) mass is 357 g/mol. The van der Waals surface area contributed by atoms with Crippen LogP contribution in [0.25, 0.3) is 0 Å². The summed E-state index contributed by atoms with van der Waals surface area (Å²) >= 11 is 0. The Labute approximate surface area is 132 Å². The van der Waals surface area contributed by atoms with E-state index < -0.39 is 41.1 Å². The van der Waals surface area contributed by atoms with Crippen LogP contribution < -0.4 is 14.8 Å². The van der Waals surface area contributed by atoms with Gasteiger partial charge in [-0.1, -0.05) is 26.8 Å². The van der Waals surface area contributed by atoms with Gasteiger partial charge in [-0.2, -0.15) is 26.3 Å². The van der Waals surface area contributed by atoms with Crippen LogP contribution >= 0.6 is 0 Å². The number of hydrogen-bond donors (Lipinski definition) is 1. The second-order valence-corrected chi connectivity index (χ2v) is 6.18. The molecule has 4 nitrogen and oxygen atoms in total. The summed E-state index contributed by atoms with van der Waals surface area (Å²) in [4.78, 5) is 11.0. The minimum atomic E-state index is -5.53. The first-order chi connectivity index (χ1) is 10.7. The Balaban J connectivity index is 2.41. The third kappa shape index (κ3) is 3.22. The normalized spacial score (nSPS) is 20.9. The maximum absolute atomic E-state index is 13.2. The van der Waals surface area contributed by atoms with E-state index in [9.17, 15) is 31.1 Å². The van der Waals surface area contributed by atoms with Crippen molar-refractivity contribution in [1.29, 1.82) is 0 Å². The van der Waals surface area contributed by atoms with E-state index >= 15 is 0 Å². The zero-order chi connectivity index (χ0) is 18.6. The molecule has 0 bridgehead atoms. The highest BCUT2D eigenvalue weighted by Gasteiger charge is 2.67. The molecule has 0 saturated carbocycles. The standard InChI is InChI=1S/C14H13F6NO3/c1-11(2,3)7-4-5-8-9(6-7)24-14(23-8,13(18,19)20)21-10(22)12(15,16)17/h4-6H,1-3H3,(H,21,22). The number of benzene rings is 1. The minimum Gasteiger partial charge on any atom is -0.424 e. The van der Waals surface area contributed by atoms with Crippen molar-refractivity contribution in [1.82, 2.24) is 5.32 Å². The predicted molar refractivity (Wildman–Crippen MR) is 69.4 cm³/mol. The number of carbonyl (C=O) groups excluding carboxylic acids is 1. The molecule has 1 aliphatic rings. The lowest BCUT2D eigenvalue weighted by Crippen LogP contribution is -2.66. The lowest BCUT2D eigenvalue weighted by atomic mass is 9.87. The second-order valence-electron chi connectivity index (χ2n) is 6.18. The van der Waals surface area contributed by atoms with E-state index in [2.05, 4.69) is 9.47 Å². The van der Waals surface area contributed by atoms with E-state index in [-0.39, 0.29) is 0 Å². The summed E-state index contributed by atoms with van der Waals surface area (Å²) in [5.74, 6) is -7.60. The Kier molecular flexibility index (Phi) is 3.93. The largest absolute Gasteiger partial charge is 0.492 e.